The third kappa shape index (κ3) is 1.59. The molecule has 0 bridgehead atoms. The minimum atomic E-state index is 0.896. The van der Waals surface area contributed by atoms with Crippen LogP contribution in [0.4, 0.5) is 5.69 Å². The molecule has 2 rings (SSSR count). The number of hydrogen-bond donors (Lipinski definition) is 2. The number of rotatable bonds is 1. The maximum atomic E-state index is 4.03. The van der Waals surface area contributed by atoms with E-state index < -0.39 is 0 Å². The first-order valence-corrected chi connectivity index (χ1v) is 4.43. The van der Waals surface area contributed by atoms with E-state index in [2.05, 4.69) is 20.5 Å². The second-order valence-corrected chi connectivity index (χ2v) is 3.11. The monoisotopic (exact) mass is 188 g/mol. The van der Waals surface area contributed by atoms with Crippen molar-refractivity contribution in [2.75, 3.05) is 12.4 Å². The lowest BCUT2D eigenvalue weighted by atomic mass is 10.2. The summed E-state index contributed by atoms with van der Waals surface area (Å²) in [6.07, 6.45) is 1.80. The van der Waals surface area contributed by atoms with Crippen LogP contribution in [-0.4, -0.2) is 23.1 Å². The van der Waals surface area contributed by atoms with Crippen molar-refractivity contribution >= 4 is 22.4 Å². The minimum Gasteiger partial charge on any atom is -0.344 e. The Labute approximate surface area is 82.1 Å². The molecule has 0 radical (unpaired) electrons. The molecule has 0 atom stereocenters. The molecule has 1 heterocycles. The van der Waals surface area contributed by atoms with Crippen LogP contribution in [0.1, 0.15) is 6.92 Å². The highest BCUT2D eigenvalue weighted by molar-refractivity contribution is 5.95. The number of anilines is 1. The smallest absolute Gasteiger partial charge is 0.0972 e. The van der Waals surface area contributed by atoms with Gasteiger partial charge in [-0.2, -0.15) is 5.10 Å². The van der Waals surface area contributed by atoms with Gasteiger partial charge in [-0.15, -0.1) is 0 Å². The number of nitrogens with one attached hydrogen (secondary N) is 2. The van der Waals surface area contributed by atoms with Gasteiger partial charge in [-0.1, -0.05) is 0 Å². The SMILES string of the molecule is CN=C(C)Nc1ccc2[nH]ncc2c1. The minimum absolute atomic E-state index is 0.896. The highest BCUT2D eigenvalue weighted by Crippen LogP contribution is 2.16. The van der Waals surface area contributed by atoms with Crippen molar-refractivity contribution in [3.8, 4) is 0 Å². The lowest BCUT2D eigenvalue weighted by molar-refractivity contribution is 1.12. The maximum Gasteiger partial charge on any atom is 0.0972 e. The summed E-state index contributed by atoms with van der Waals surface area (Å²) in [5.41, 5.74) is 2.07. The Bertz CT molecular complexity index is 470. The predicted molar refractivity (Wildman–Crippen MR) is 58.7 cm³/mol. The summed E-state index contributed by atoms with van der Waals surface area (Å²) in [5, 5.41) is 11.1. The number of fused-ring (bicyclic) bond motifs is 1. The number of H-pyrrole nitrogens is 1. The zero-order valence-electron chi connectivity index (χ0n) is 8.20. The Kier molecular flexibility index (Phi) is 2.18. The van der Waals surface area contributed by atoms with E-state index in [0.29, 0.717) is 0 Å². The molecule has 1 aromatic heterocycles. The fourth-order valence-electron chi connectivity index (χ4n) is 1.29. The molecular formula is C10H12N4. The fraction of sp³-hybridized carbons (Fsp3) is 0.200. The summed E-state index contributed by atoms with van der Waals surface area (Å²) < 4.78 is 0. The van der Waals surface area contributed by atoms with Crippen molar-refractivity contribution < 1.29 is 0 Å². The molecule has 2 N–H and O–H groups in total. The average molecular weight is 188 g/mol. The van der Waals surface area contributed by atoms with E-state index in [1.165, 1.54) is 0 Å². The van der Waals surface area contributed by atoms with Crippen LogP contribution >= 0.6 is 0 Å². The molecule has 0 unspecified atom stereocenters. The number of nitrogens with zero attached hydrogens (tertiary/aromatic N) is 2. The summed E-state index contributed by atoms with van der Waals surface area (Å²) in [7, 11) is 1.76. The van der Waals surface area contributed by atoms with Gasteiger partial charge in [0.25, 0.3) is 0 Å². The summed E-state index contributed by atoms with van der Waals surface area (Å²) in [6, 6.07) is 6.02. The Balaban J connectivity index is 2.34. The van der Waals surface area contributed by atoms with Crippen LogP contribution in [0.5, 0.6) is 0 Å². The van der Waals surface area contributed by atoms with Crippen molar-refractivity contribution in [3.05, 3.63) is 24.4 Å². The summed E-state index contributed by atoms with van der Waals surface area (Å²) in [6.45, 7) is 1.93. The van der Waals surface area contributed by atoms with Crippen molar-refractivity contribution in [1.82, 2.24) is 10.2 Å². The van der Waals surface area contributed by atoms with Crippen LogP contribution in [0.2, 0.25) is 0 Å². The van der Waals surface area contributed by atoms with Gasteiger partial charge in [0.2, 0.25) is 0 Å². The molecule has 0 saturated heterocycles. The summed E-state index contributed by atoms with van der Waals surface area (Å²) >= 11 is 0. The van der Waals surface area contributed by atoms with Gasteiger partial charge in [-0.25, -0.2) is 0 Å². The highest BCUT2D eigenvalue weighted by Gasteiger charge is 1.97. The molecule has 0 aliphatic rings. The van der Waals surface area contributed by atoms with Gasteiger partial charge in [0.05, 0.1) is 17.5 Å². The molecule has 72 valence electrons. The molecule has 0 amide bonds. The van der Waals surface area contributed by atoms with Gasteiger partial charge in [-0.05, 0) is 25.1 Å². The van der Waals surface area contributed by atoms with E-state index in [1.54, 1.807) is 13.2 Å². The van der Waals surface area contributed by atoms with Gasteiger partial charge in [0, 0.05) is 18.1 Å². The second-order valence-electron chi connectivity index (χ2n) is 3.11. The number of amidine groups is 1. The molecule has 14 heavy (non-hydrogen) atoms. The molecule has 2 aromatic rings. The Morgan fingerprint density at radius 3 is 3.14 bits per heavy atom. The van der Waals surface area contributed by atoms with Gasteiger partial charge >= 0.3 is 0 Å². The first-order valence-electron chi connectivity index (χ1n) is 4.43. The summed E-state index contributed by atoms with van der Waals surface area (Å²) in [4.78, 5) is 4.03. The number of aromatic nitrogens is 2. The molecule has 0 aliphatic heterocycles. The molecule has 0 fully saturated rings. The molecule has 4 heteroatoms. The maximum absolute atomic E-state index is 4.03. The van der Waals surface area contributed by atoms with Crippen LogP contribution in [0, 0.1) is 0 Å². The summed E-state index contributed by atoms with van der Waals surface area (Å²) in [5.74, 6) is 0.896. The normalized spacial score (nSPS) is 12.0. The van der Waals surface area contributed by atoms with Crippen molar-refractivity contribution in [3.63, 3.8) is 0 Å². The van der Waals surface area contributed by atoms with Crippen LogP contribution in [0.15, 0.2) is 29.4 Å². The van der Waals surface area contributed by atoms with Gasteiger partial charge in [-0.3, -0.25) is 10.1 Å². The molecule has 1 aromatic carbocycles. The third-order valence-corrected chi connectivity index (χ3v) is 2.10. The highest BCUT2D eigenvalue weighted by atomic mass is 15.1. The van der Waals surface area contributed by atoms with E-state index in [0.717, 1.165) is 22.4 Å². The Morgan fingerprint density at radius 1 is 1.50 bits per heavy atom. The fourth-order valence-corrected chi connectivity index (χ4v) is 1.29. The molecular weight excluding hydrogens is 176 g/mol. The van der Waals surface area contributed by atoms with Crippen molar-refractivity contribution in [1.29, 1.82) is 0 Å². The van der Waals surface area contributed by atoms with E-state index in [4.69, 9.17) is 0 Å². The van der Waals surface area contributed by atoms with Crippen LogP contribution in [0.3, 0.4) is 0 Å². The van der Waals surface area contributed by atoms with E-state index in [9.17, 15) is 0 Å². The van der Waals surface area contributed by atoms with E-state index >= 15 is 0 Å². The van der Waals surface area contributed by atoms with Gasteiger partial charge < -0.3 is 5.32 Å². The average Bonchev–Trinajstić information content (AvgIpc) is 2.64. The second kappa shape index (κ2) is 3.49. The van der Waals surface area contributed by atoms with Gasteiger partial charge in [0.15, 0.2) is 0 Å². The number of aliphatic imine (C=N–C) groups is 1. The first-order chi connectivity index (χ1) is 6.79. The van der Waals surface area contributed by atoms with Crippen LogP contribution in [-0.2, 0) is 0 Å². The van der Waals surface area contributed by atoms with Crippen LogP contribution < -0.4 is 5.32 Å². The number of aromatic amines is 1. The lowest BCUT2D eigenvalue weighted by Gasteiger charge is -2.04. The Morgan fingerprint density at radius 2 is 2.36 bits per heavy atom. The molecule has 4 nitrogen and oxygen atoms in total. The van der Waals surface area contributed by atoms with E-state index in [-0.39, 0.29) is 0 Å². The third-order valence-electron chi connectivity index (χ3n) is 2.10. The topological polar surface area (TPSA) is 53.1 Å². The standard InChI is InChI=1S/C10H12N4/c1-7(11-2)13-9-3-4-10-8(5-9)6-12-14-10/h3-6H,1-2H3,(H,11,13)(H,12,14). The van der Waals surface area contributed by atoms with Crippen LogP contribution in [0.25, 0.3) is 10.9 Å². The molecule has 0 spiro atoms. The number of hydrogen-bond acceptors (Lipinski definition) is 2. The predicted octanol–water partition coefficient (Wildman–Crippen LogP) is 2.02. The zero-order valence-corrected chi connectivity index (χ0v) is 8.20. The quantitative estimate of drug-likeness (QED) is 0.531. The van der Waals surface area contributed by atoms with Crippen molar-refractivity contribution in [2.45, 2.75) is 6.92 Å². The Hall–Kier alpha value is -1.84. The van der Waals surface area contributed by atoms with E-state index in [1.807, 2.05) is 25.1 Å². The van der Waals surface area contributed by atoms with Gasteiger partial charge in [0.1, 0.15) is 0 Å². The van der Waals surface area contributed by atoms with Crippen molar-refractivity contribution in [2.24, 2.45) is 4.99 Å². The lowest BCUT2D eigenvalue weighted by Crippen LogP contribution is -2.06. The molecule has 0 aliphatic carbocycles. The largest absolute Gasteiger partial charge is 0.344 e. The molecule has 0 saturated carbocycles. The number of benzene rings is 1. The first kappa shape index (κ1) is 8.74. The zero-order chi connectivity index (χ0) is 9.97.